The second-order valence-corrected chi connectivity index (χ2v) is 7.83. The number of fused-ring (bicyclic) bond motifs is 1. The molecule has 2 aliphatic rings. The molecule has 7 heteroatoms. The average Bonchev–Trinajstić information content (AvgIpc) is 3.10. The second kappa shape index (κ2) is 8.12. The van der Waals surface area contributed by atoms with Gasteiger partial charge in [0.05, 0.1) is 24.7 Å². The summed E-state index contributed by atoms with van der Waals surface area (Å²) in [4.78, 5) is 27.9. The zero-order valence-electron chi connectivity index (χ0n) is 16.3. The molecular weight excluding hydrogens is 336 g/mol. The summed E-state index contributed by atoms with van der Waals surface area (Å²) in [6.45, 7) is 10.0. The lowest BCUT2D eigenvalue weighted by Crippen LogP contribution is -2.45. The van der Waals surface area contributed by atoms with Gasteiger partial charge in [-0.3, -0.25) is 0 Å². The van der Waals surface area contributed by atoms with Crippen molar-refractivity contribution in [1.29, 1.82) is 0 Å². The number of allylic oxidation sites excluding steroid dienone is 3. The highest BCUT2D eigenvalue weighted by atomic mass is 16.6. The van der Waals surface area contributed by atoms with Gasteiger partial charge in [-0.15, -0.1) is 0 Å². The Kier molecular flexibility index (Phi) is 6.34. The quantitative estimate of drug-likeness (QED) is 0.777. The maximum atomic E-state index is 12.4. The van der Waals surface area contributed by atoms with Crippen LogP contribution < -0.4 is 0 Å². The van der Waals surface area contributed by atoms with Gasteiger partial charge in [-0.2, -0.15) is 0 Å². The first kappa shape index (κ1) is 20.3. The van der Waals surface area contributed by atoms with Crippen LogP contribution in [0.15, 0.2) is 23.8 Å². The van der Waals surface area contributed by atoms with Crippen molar-refractivity contribution in [3.8, 4) is 0 Å². The highest BCUT2D eigenvalue weighted by Gasteiger charge is 2.52. The molecule has 2 rings (SSSR count). The van der Waals surface area contributed by atoms with Gasteiger partial charge in [-0.25, -0.2) is 9.59 Å². The van der Waals surface area contributed by atoms with Crippen molar-refractivity contribution in [2.75, 3.05) is 19.7 Å². The van der Waals surface area contributed by atoms with Gasteiger partial charge < -0.3 is 24.4 Å². The molecule has 0 saturated carbocycles. The molecule has 0 aromatic carbocycles. The largest absolute Gasteiger partial charge is 0.445 e. The first-order valence-corrected chi connectivity index (χ1v) is 9.03. The number of hydrogen-bond donors (Lipinski definition) is 1. The van der Waals surface area contributed by atoms with Crippen LogP contribution in [0.2, 0.25) is 0 Å². The van der Waals surface area contributed by atoms with Crippen LogP contribution in [0.3, 0.4) is 0 Å². The van der Waals surface area contributed by atoms with E-state index in [9.17, 15) is 14.7 Å². The number of carbonyl (C=O) groups is 2. The third-order valence-corrected chi connectivity index (χ3v) is 4.46. The molecule has 0 aliphatic carbocycles. The molecule has 2 fully saturated rings. The molecule has 0 aromatic heterocycles. The van der Waals surface area contributed by atoms with Gasteiger partial charge in [0.25, 0.3) is 0 Å². The molecule has 26 heavy (non-hydrogen) atoms. The first-order chi connectivity index (χ1) is 12.1. The van der Waals surface area contributed by atoms with Gasteiger partial charge in [0.1, 0.15) is 12.2 Å². The third kappa shape index (κ3) is 4.78. The zero-order chi connectivity index (χ0) is 19.5. The van der Waals surface area contributed by atoms with Crippen LogP contribution in [0.4, 0.5) is 9.59 Å². The molecule has 0 aromatic rings. The number of likely N-dealkylation sites (tertiary alicyclic amines) is 2. The third-order valence-electron chi connectivity index (χ3n) is 4.46. The molecule has 2 saturated heterocycles. The smallest absolute Gasteiger partial charge is 0.410 e. The van der Waals surface area contributed by atoms with E-state index >= 15 is 0 Å². The number of nitrogens with zero attached hydrogens (tertiary/aromatic N) is 2. The Morgan fingerprint density at radius 3 is 2.54 bits per heavy atom. The average molecular weight is 366 g/mol. The summed E-state index contributed by atoms with van der Waals surface area (Å²) in [6, 6.07) is -0.693. The summed E-state index contributed by atoms with van der Waals surface area (Å²) in [5.74, 6) is 0. The van der Waals surface area contributed by atoms with E-state index in [-0.39, 0.29) is 19.2 Å². The van der Waals surface area contributed by atoms with Crippen molar-refractivity contribution in [2.45, 2.75) is 64.8 Å². The van der Waals surface area contributed by atoms with Crippen molar-refractivity contribution >= 4 is 12.2 Å². The van der Waals surface area contributed by atoms with Crippen LogP contribution >= 0.6 is 0 Å². The standard InChI is InChI=1S/C19H30N2O5/c1-6-7-8-13(2)12-25-17(23)20-10-9-14-16(20)15(22)11-21(14)18(24)26-19(3,4)5/h6-8,14-16,22H,9-12H2,1-5H3. The fourth-order valence-electron chi connectivity index (χ4n) is 3.36. The van der Waals surface area contributed by atoms with Gasteiger partial charge in [-0.1, -0.05) is 18.2 Å². The summed E-state index contributed by atoms with van der Waals surface area (Å²) in [5.41, 5.74) is 0.322. The lowest BCUT2D eigenvalue weighted by atomic mass is 10.1. The van der Waals surface area contributed by atoms with Crippen molar-refractivity contribution < 1.29 is 24.2 Å². The molecule has 2 aliphatic heterocycles. The van der Waals surface area contributed by atoms with Gasteiger partial charge in [0.2, 0.25) is 0 Å². The van der Waals surface area contributed by atoms with Crippen molar-refractivity contribution in [3.63, 3.8) is 0 Å². The minimum Gasteiger partial charge on any atom is -0.445 e. The fourth-order valence-corrected chi connectivity index (χ4v) is 3.36. The Hall–Kier alpha value is -2.02. The first-order valence-electron chi connectivity index (χ1n) is 9.03. The number of aliphatic hydroxyl groups is 1. The van der Waals surface area contributed by atoms with E-state index in [1.807, 2.05) is 32.1 Å². The van der Waals surface area contributed by atoms with Crippen LogP contribution in [0.5, 0.6) is 0 Å². The van der Waals surface area contributed by atoms with Crippen LogP contribution in [0.25, 0.3) is 0 Å². The fraction of sp³-hybridized carbons (Fsp3) is 0.684. The van der Waals surface area contributed by atoms with Gasteiger partial charge in [-0.05, 0) is 46.6 Å². The van der Waals surface area contributed by atoms with Gasteiger partial charge in [0, 0.05) is 6.54 Å². The zero-order valence-corrected chi connectivity index (χ0v) is 16.3. The Labute approximate surface area is 155 Å². The molecule has 2 heterocycles. The molecular formula is C19H30N2O5. The summed E-state index contributed by atoms with van der Waals surface area (Å²) in [6.07, 6.45) is 4.55. The van der Waals surface area contributed by atoms with E-state index in [1.54, 1.807) is 20.8 Å². The van der Waals surface area contributed by atoms with Crippen molar-refractivity contribution in [2.24, 2.45) is 0 Å². The number of ether oxygens (including phenoxy) is 2. The Morgan fingerprint density at radius 2 is 1.92 bits per heavy atom. The van der Waals surface area contributed by atoms with Crippen LogP contribution in [-0.2, 0) is 9.47 Å². The van der Waals surface area contributed by atoms with Crippen LogP contribution in [0.1, 0.15) is 41.0 Å². The number of carbonyl (C=O) groups excluding carboxylic acids is 2. The summed E-state index contributed by atoms with van der Waals surface area (Å²) < 4.78 is 10.8. The number of rotatable bonds is 3. The number of amides is 2. The molecule has 7 nitrogen and oxygen atoms in total. The summed E-state index contributed by atoms with van der Waals surface area (Å²) >= 11 is 0. The number of hydrogen-bond acceptors (Lipinski definition) is 5. The lowest BCUT2D eigenvalue weighted by molar-refractivity contribution is 0.0209. The normalized spacial score (nSPS) is 26.4. The van der Waals surface area contributed by atoms with Crippen molar-refractivity contribution in [3.05, 3.63) is 23.8 Å². The highest BCUT2D eigenvalue weighted by Crippen LogP contribution is 2.33. The van der Waals surface area contributed by atoms with E-state index < -0.39 is 29.9 Å². The Morgan fingerprint density at radius 1 is 1.23 bits per heavy atom. The maximum Gasteiger partial charge on any atom is 0.410 e. The second-order valence-electron chi connectivity index (χ2n) is 7.83. The predicted molar refractivity (Wildman–Crippen MR) is 97.8 cm³/mol. The molecule has 0 radical (unpaired) electrons. The monoisotopic (exact) mass is 366 g/mol. The van der Waals surface area contributed by atoms with E-state index in [0.717, 1.165) is 5.57 Å². The highest BCUT2D eigenvalue weighted by molar-refractivity contribution is 5.72. The molecule has 3 atom stereocenters. The minimum absolute atomic E-state index is 0.161. The summed E-state index contributed by atoms with van der Waals surface area (Å²) in [5, 5.41) is 10.4. The van der Waals surface area contributed by atoms with E-state index in [4.69, 9.17) is 9.47 Å². The molecule has 1 N–H and O–H groups in total. The Balaban J connectivity index is 1.99. The molecule has 2 amide bonds. The summed E-state index contributed by atoms with van der Waals surface area (Å²) in [7, 11) is 0. The molecule has 0 spiro atoms. The van der Waals surface area contributed by atoms with Gasteiger partial charge in [0.15, 0.2) is 0 Å². The van der Waals surface area contributed by atoms with E-state index in [1.165, 1.54) is 9.80 Å². The molecule has 146 valence electrons. The van der Waals surface area contributed by atoms with E-state index in [0.29, 0.717) is 13.0 Å². The molecule has 0 bridgehead atoms. The van der Waals surface area contributed by atoms with Crippen LogP contribution in [-0.4, -0.2) is 70.6 Å². The topological polar surface area (TPSA) is 79.3 Å². The number of aliphatic hydroxyl groups excluding tert-OH is 1. The predicted octanol–water partition coefficient (Wildman–Crippen LogP) is 2.70. The van der Waals surface area contributed by atoms with Gasteiger partial charge >= 0.3 is 12.2 Å². The Bertz CT molecular complexity index is 593. The lowest BCUT2D eigenvalue weighted by Gasteiger charge is -2.28. The number of β-amino-alcohol motifs (C(OH)–C–C–N with tert-alkyl or cyclic N) is 1. The minimum atomic E-state index is -0.803. The van der Waals surface area contributed by atoms with Crippen molar-refractivity contribution in [1.82, 2.24) is 9.80 Å². The maximum absolute atomic E-state index is 12.4. The SMILES string of the molecule is CC=CC=C(C)COC(=O)N1CCC2C1C(O)CN2C(=O)OC(C)(C)C. The van der Waals surface area contributed by atoms with E-state index in [2.05, 4.69) is 0 Å². The van der Waals surface area contributed by atoms with Crippen LogP contribution in [0, 0.1) is 0 Å². The molecule has 3 unspecified atom stereocenters.